The third-order valence-corrected chi connectivity index (χ3v) is 5.76. The Balaban J connectivity index is 1.44. The second kappa shape index (κ2) is 8.53. The lowest BCUT2D eigenvalue weighted by Gasteiger charge is -2.12. The molecule has 5 N–H and O–H groups in total. The van der Waals surface area contributed by atoms with Crippen molar-refractivity contribution in [3.05, 3.63) is 89.5 Å². The van der Waals surface area contributed by atoms with Crippen LogP contribution in [0.2, 0.25) is 0 Å². The summed E-state index contributed by atoms with van der Waals surface area (Å²) in [5, 5.41) is 18.0. The number of para-hydroxylation sites is 1. The molecular formula is C26H22FN5O3. The van der Waals surface area contributed by atoms with E-state index in [1.807, 2.05) is 6.92 Å². The van der Waals surface area contributed by atoms with Gasteiger partial charge in [0.1, 0.15) is 17.3 Å². The van der Waals surface area contributed by atoms with Crippen molar-refractivity contribution >= 4 is 28.2 Å². The van der Waals surface area contributed by atoms with Crippen molar-refractivity contribution < 1.29 is 19.0 Å². The maximum absolute atomic E-state index is 13.9. The summed E-state index contributed by atoms with van der Waals surface area (Å²) >= 11 is 0. The molecule has 3 aromatic carbocycles. The van der Waals surface area contributed by atoms with Crippen LogP contribution in [0.5, 0.6) is 17.2 Å². The number of rotatable bonds is 6. The van der Waals surface area contributed by atoms with E-state index in [0.717, 1.165) is 5.56 Å². The number of hydrogen-bond donors (Lipinski definition) is 4. The van der Waals surface area contributed by atoms with Gasteiger partial charge in [0.2, 0.25) is 5.78 Å². The summed E-state index contributed by atoms with van der Waals surface area (Å²) in [7, 11) is 1.70. The normalized spacial score (nSPS) is 11.1. The van der Waals surface area contributed by atoms with E-state index in [1.165, 1.54) is 16.9 Å². The first kappa shape index (κ1) is 22.0. The van der Waals surface area contributed by atoms with Crippen molar-refractivity contribution in [2.75, 3.05) is 18.1 Å². The molecule has 0 bridgehead atoms. The highest BCUT2D eigenvalue weighted by Gasteiger charge is 2.21. The molecule has 0 spiro atoms. The minimum absolute atomic E-state index is 0.0863. The van der Waals surface area contributed by atoms with Gasteiger partial charge in [-0.05, 0) is 61.0 Å². The van der Waals surface area contributed by atoms with E-state index < -0.39 is 5.82 Å². The molecule has 2 heterocycles. The Kier molecular flexibility index (Phi) is 5.37. The van der Waals surface area contributed by atoms with Crippen LogP contribution in [0.4, 0.5) is 15.9 Å². The Hall–Kier alpha value is -4.79. The van der Waals surface area contributed by atoms with Gasteiger partial charge < -0.3 is 25.9 Å². The van der Waals surface area contributed by atoms with E-state index in [9.17, 15) is 14.3 Å². The van der Waals surface area contributed by atoms with Gasteiger partial charge in [0, 0.05) is 18.0 Å². The first-order valence-electron chi connectivity index (χ1n) is 10.8. The lowest BCUT2D eigenvalue weighted by atomic mass is 10.1. The first-order chi connectivity index (χ1) is 16.9. The molecule has 5 rings (SSSR count). The van der Waals surface area contributed by atoms with Gasteiger partial charge >= 0.3 is 0 Å². The number of H-pyrrole nitrogens is 1. The lowest BCUT2D eigenvalue weighted by Crippen LogP contribution is -2.08. The number of phenols is 1. The largest absolute Gasteiger partial charge is 0.506 e. The topological polar surface area (TPSA) is 118 Å². The number of nitrogens with two attached hydrogens (primary N) is 1. The monoisotopic (exact) mass is 471 g/mol. The fourth-order valence-corrected chi connectivity index (χ4v) is 3.94. The Bertz CT molecular complexity index is 1590. The molecule has 35 heavy (non-hydrogen) atoms. The van der Waals surface area contributed by atoms with E-state index >= 15 is 0 Å². The molecule has 0 unspecified atom stereocenters. The number of benzene rings is 3. The maximum Gasteiger partial charge on any atom is 0.214 e. The van der Waals surface area contributed by atoms with Gasteiger partial charge in [-0.1, -0.05) is 12.1 Å². The summed E-state index contributed by atoms with van der Waals surface area (Å²) in [5.41, 5.74) is 9.55. The molecule has 2 aromatic heterocycles. The minimum Gasteiger partial charge on any atom is -0.506 e. The van der Waals surface area contributed by atoms with Crippen LogP contribution < -0.4 is 15.8 Å². The number of aromatic nitrogens is 3. The van der Waals surface area contributed by atoms with Crippen molar-refractivity contribution in [3.63, 3.8) is 0 Å². The van der Waals surface area contributed by atoms with Crippen molar-refractivity contribution in [3.8, 4) is 22.9 Å². The van der Waals surface area contributed by atoms with Crippen LogP contribution >= 0.6 is 0 Å². The number of hydrogen-bond acceptors (Lipinski definition) is 6. The molecule has 9 heteroatoms. The zero-order valence-electron chi connectivity index (χ0n) is 19.0. The number of halogens is 1. The number of ether oxygens (including phenoxy) is 1. The summed E-state index contributed by atoms with van der Waals surface area (Å²) in [6.45, 7) is 1.84. The van der Waals surface area contributed by atoms with Gasteiger partial charge in [-0.25, -0.2) is 9.07 Å². The molecule has 0 atom stereocenters. The molecular weight excluding hydrogens is 449 g/mol. The number of aryl methyl sites for hydroxylation is 1. The van der Waals surface area contributed by atoms with Crippen LogP contribution in [0.15, 0.2) is 66.9 Å². The van der Waals surface area contributed by atoms with Crippen LogP contribution in [-0.4, -0.2) is 32.7 Å². The SMILES string of the molecule is CNc1cc2[nH]c(C(=O)c3cnn(-c4ccc(Oc5ccccc5F)cc4C)c3N)cc2cc1O. The highest BCUT2D eigenvalue weighted by atomic mass is 19.1. The highest BCUT2D eigenvalue weighted by Crippen LogP contribution is 2.31. The Morgan fingerprint density at radius 2 is 1.97 bits per heavy atom. The molecule has 0 saturated heterocycles. The zero-order valence-corrected chi connectivity index (χ0v) is 19.0. The molecule has 0 fully saturated rings. The molecule has 8 nitrogen and oxygen atoms in total. The van der Waals surface area contributed by atoms with E-state index in [1.54, 1.807) is 61.6 Å². The number of aromatic hydroxyl groups is 1. The Labute approximate surface area is 199 Å². The number of nitrogen functional groups attached to an aromatic ring is 1. The summed E-state index contributed by atoms with van der Waals surface area (Å²) in [4.78, 5) is 16.3. The van der Waals surface area contributed by atoms with Crippen LogP contribution in [0.25, 0.3) is 16.6 Å². The Morgan fingerprint density at radius 3 is 2.71 bits per heavy atom. The number of nitrogens with zero attached hydrogens (tertiary/aromatic N) is 2. The van der Waals surface area contributed by atoms with Gasteiger partial charge in [-0.2, -0.15) is 5.10 Å². The summed E-state index contributed by atoms with van der Waals surface area (Å²) in [5.74, 6) is 0.0671. The summed E-state index contributed by atoms with van der Waals surface area (Å²) in [6, 6.07) is 16.3. The van der Waals surface area contributed by atoms with Gasteiger partial charge in [-0.3, -0.25) is 4.79 Å². The molecule has 0 aliphatic heterocycles. The lowest BCUT2D eigenvalue weighted by molar-refractivity contribution is 0.103. The molecule has 0 aliphatic carbocycles. The third-order valence-electron chi connectivity index (χ3n) is 5.76. The van der Waals surface area contributed by atoms with Crippen LogP contribution in [0.3, 0.4) is 0 Å². The van der Waals surface area contributed by atoms with Crippen molar-refractivity contribution in [1.82, 2.24) is 14.8 Å². The number of anilines is 2. The van der Waals surface area contributed by atoms with E-state index in [-0.39, 0.29) is 28.7 Å². The second-order valence-corrected chi connectivity index (χ2v) is 8.05. The van der Waals surface area contributed by atoms with E-state index in [0.29, 0.717) is 33.7 Å². The van der Waals surface area contributed by atoms with Gasteiger partial charge in [0.15, 0.2) is 11.6 Å². The highest BCUT2D eigenvalue weighted by molar-refractivity contribution is 6.12. The molecule has 0 aliphatic rings. The predicted molar refractivity (Wildman–Crippen MR) is 132 cm³/mol. The number of carbonyl (C=O) groups is 1. The van der Waals surface area contributed by atoms with Crippen LogP contribution in [0, 0.1) is 12.7 Å². The number of fused-ring (bicyclic) bond motifs is 1. The van der Waals surface area contributed by atoms with Crippen molar-refractivity contribution in [2.24, 2.45) is 0 Å². The van der Waals surface area contributed by atoms with E-state index in [2.05, 4.69) is 15.4 Å². The molecule has 0 radical (unpaired) electrons. The molecule has 0 saturated carbocycles. The van der Waals surface area contributed by atoms with Crippen LogP contribution in [-0.2, 0) is 0 Å². The second-order valence-electron chi connectivity index (χ2n) is 8.05. The fraction of sp³-hybridized carbons (Fsp3) is 0.0769. The van der Waals surface area contributed by atoms with Gasteiger partial charge in [0.05, 0.1) is 28.8 Å². The van der Waals surface area contributed by atoms with Crippen molar-refractivity contribution in [1.29, 1.82) is 0 Å². The quantitative estimate of drug-likeness (QED) is 0.201. The van der Waals surface area contributed by atoms with E-state index in [4.69, 9.17) is 10.5 Å². The molecule has 5 aromatic rings. The fourth-order valence-electron chi connectivity index (χ4n) is 3.94. The van der Waals surface area contributed by atoms with Gasteiger partial charge in [0.25, 0.3) is 0 Å². The number of aromatic amines is 1. The number of nitrogens with one attached hydrogen (secondary N) is 2. The number of carbonyl (C=O) groups excluding carboxylic acids is 1. The average Bonchev–Trinajstić information content (AvgIpc) is 3.43. The predicted octanol–water partition coefficient (Wildman–Crippen LogP) is 5.15. The zero-order chi connectivity index (χ0) is 24.7. The molecule has 0 amide bonds. The standard InChI is InChI=1S/C26H22FN5O3/c1-14-9-16(35-24-6-4-3-5-18(24)27)7-8-22(14)32-26(28)17(13-30-32)25(34)21-10-15-11-23(33)20(29-2)12-19(15)31-21/h3-13,29,31,33H,28H2,1-2H3. The van der Waals surface area contributed by atoms with Crippen LogP contribution in [0.1, 0.15) is 21.6 Å². The number of ketones is 1. The van der Waals surface area contributed by atoms with Crippen molar-refractivity contribution in [2.45, 2.75) is 6.92 Å². The maximum atomic E-state index is 13.9. The average molecular weight is 471 g/mol. The number of phenolic OH excluding ortho intramolecular Hbond substituents is 1. The Morgan fingerprint density at radius 1 is 1.17 bits per heavy atom. The minimum atomic E-state index is -0.455. The smallest absolute Gasteiger partial charge is 0.214 e. The first-order valence-corrected chi connectivity index (χ1v) is 10.8. The summed E-state index contributed by atoms with van der Waals surface area (Å²) < 4.78 is 21.0. The third kappa shape index (κ3) is 3.93. The summed E-state index contributed by atoms with van der Waals surface area (Å²) in [6.07, 6.45) is 1.42. The van der Waals surface area contributed by atoms with Gasteiger partial charge in [-0.15, -0.1) is 0 Å². The molecule has 176 valence electrons.